The third kappa shape index (κ3) is 5.21. The van der Waals surface area contributed by atoms with Crippen molar-refractivity contribution < 1.29 is 19.4 Å². The van der Waals surface area contributed by atoms with Crippen LogP contribution >= 0.6 is 0 Å². The molecule has 1 rings (SSSR count). The van der Waals surface area contributed by atoms with Crippen LogP contribution in [0.1, 0.15) is 59.3 Å². The number of rotatable bonds is 6. The number of carbonyl (C=O) groups is 2. The Morgan fingerprint density at radius 3 is 2.21 bits per heavy atom. The second-order valence-electron chi connectivity index (χ2n) is 5.96. The molecule has 1 N–H and O–H groups in total. The van der Waals surface area contributed by atoms with E-state index >= 15 is 0 Å². The summed E-state index contributed by atoms with van der Waals surface area (Å²) in [4.78, 5) is 23.3. The Balaban J connectivity index is 2.60. The first-order chi connectivity index (χ1) is 8.91. The molecule has 0 bridgehead atoms. The van der Waals surface area contributed by atoms with Gasteiger partial charge < -0.3 is 9.84 Å². The quantitative estimate of drug-likeness (QED) is 0.752. The van der Waals surface area contributed by atoms with E-state index in [2.05, 4.69) is 0 Å². The molecule has 1 fully saturated rings. The van der Waals surface area contributed by atoms with Gasteiger partial charge >= 0.3 is 11.9 Å². The Labute approximate surface area is 115 Å². The van der Waals surface area contributed by atoms with E-state index in [9.17, 15) is 14.7 Å². The molecule has 0 aromatic carbocycles. The maximum Gasteiger partial charge on any atom is 0.309 e. The summed E-state index contributed by atoms with van der Waals surface area (Å²) in [7, 11) is 0. The van der Waals surface area contributed by atoms with Gasteiger partial charge in [-0.2, -0.15) is 0 Å². The number of aliphatic carboxylic acids is 1. The molecule has 0 spiro atoms. The van der Waals surface area contributed by atoms with Gasteiger partial charge in [-0.15, -0.1) is 0 Å². The number of carbonyl (C=O) groups excluding carboxylic acids is 1. The molecule has 1 aliphatic carbocycles. The first kappa shape index (κ1) is 16.0. The average molecular weight is 270 g/mol. The van der Waals surface area contributed by atoms with E-state index in [0.29, 0.717) is 12.3 Å². The SMILES string of the molecule is CC(C)OC(=O)[C@H](C)[C@H](CC1CCCCC1)C(=O)O. The van der Waals surface area contributed by atoms with Gasteiger partial charge in [0.15, 0.2) is 0 Å². The number of carboxylic acids is 1. The Morgan fingerprint density at radius 1 is 1.16 bits per heavy atom. The maximum absolute atomic E-state index is 11.9. The lowest BCUT2D eigenvalue weighted by Crippen LogP contribution is -2.32. The van der Waals surface area contributed by atoms with E-state index in [1.165, 1.54) is 19.3 Å². The minimum atomic E-state index is -0.876. The lowest BCUT2D eigenvalue weighted by Gasteiger charge is -2.27. The molecule has 0 aliphatic heterocycles. The van der Waals surface area contributed by atoms with Gasteiger partial charge in [0.1, 0.15) is 0 Å². The summed E-state index contributed by atoms with van der Waals surface area (Å²) in [5, 5.41) is 9.35. The van der Waals surface area contributed by atoms with E-state index in [0.717, 1.165) is 12.8 Å². The smallest absolute Gasteiger partial charge is 0.309 e. The highest BCUT2D eigenvalue weighted by Crippen LogP contribution is 2.32. The van der Waals surface area contributed by atoms with E-state index in [1.807, 2.05) is 0 Å². The van der Waals surface area contributed by atoms with E-state index < -0.39 is 23.8 Å². The highest BCUT2D eigenvalue weighted by molar-refractivity contribution is 5.80. The highest BCUT2D eigenvalue weighted by Gasteiger charge is 2.33. The largest absolute Gasteiger partial charge is 0.481 e. The van der Waals surface area contributed by atoms with Gasteiger partial charge in [0.25, 0.3) is 0 Å². The molecule has 0 unspecified atom stereocenters. The highest BCUT2D eigenvalue weighted by atomic mass is 16.5. The number of carboxylic acid groups (broad SMARTS) is 1. The van der Waals surface area contributed by atoms with E-state index in [1.54, 1.807) is 20.8 Å². The van der Waals surface area contributed by atoms with Crippen LogP contribution in [-0.4, -0.2) is 23.1 Å². The molecule has 0 saturated heterocycles. The number of ether oxygens (including phenoxy) is 1. The van der Waals surface area contributed by atoms with Gasteiger partial charge in [0.05, 0.1) is 17.9 Å². The molecule has 4 nitrogen and oxygen atoms in total. The minimum absolute atomic E-state index is 0.195. The average Bonchev–Trinajstić information content (AvgIpc) is 2.35. The lowest BCUT2D eigenvalue weighted by molar-refractivity contribution is -0.160. The predicted molar refractivity (Wildman–Crippen MR) is 72.7 cm³/mol. The minimum Gasteiger partial charge on any atom is -0.481 e. The Hall–Kier alpha value is -1.06. The van der Waals surface area contributed by atoms with Gasteiger partial charge in [0, 0.05) is 0 Å². The van der Waals surface area contributed by atoms with Crippen LogP contribution in [0, 0.1) is 17.8 Å². The van der Waals surface area contributed by atoms with Crippen molar-refractivity contribution in [2.75, 3.05) is 0 Å². The van der Waals surface area contributed by atoms with Crippen LogP contribution in [0.4, 0.5) is 0 Å². The van der Waals surface area contributed by atoms with Crippen molar-refractivity contribution >= 4 is 11.9 Å². The molecule has 2 atom stereocenters. The first-order valence-electron chi connectivity index (χ1n) is 7.35. The van der Waals surface area contributed by atoms with Crippen molar-refractivity contribution in [3.05, 3.63) is 0 Å². The van der Waals surface area contributed by atoms with Gasteiger partial charge in [-0.3, -0.25) is 9.59 Å². The fourth-order valence-electron chi connectivity index (χ4n) is 2.80. The summed E-state index contributed by atoms with van der Waals surface area (Å²) in [6.45, 7) is 5.23. The third-order valence-corrected chi connectivity index (χ3v) is 3.96. The zero-order valence-electron chi connectivity index (χ0n) is 12.2. The molecule has 19 heavy (non-hydrogen) atoms. The molecular formula is C15H26O4. The summed E-state index contributed by atoms with van der Waals surface area (Å²) in [5.74, 6) is -2.00. The Bertz CT molecular complexity index is 305. The summed E-state index contributed by atoms with van der Waals surface area (Å²) < 4.78 is 5.13. The fraction of sp³-hybridized carbons (Fsp3) is 0.867. The molecule has 0 heterocycles. The topological polar surface area (TPSA) is 63.6 Å². The van der Waals surface area contributed by atoms with Crippen LogP contribution in [-0.2, 0) is 14.3 Å². The van der Waals surface area contributed by atoms with Crippen LogP contribution in [0.5, 0.6) is 0 Å². The van der Waals surface area contributed by atoms with Crippen LogP contribution in [0.2, 0.25) is 0 Å². The van der Waals surface area contributed by atoms with Crippen molar-refractivity contribution in [1.82, 2.24) is 0 Å². The number of hydrogen-bond donors (Lipinski definition) is 1. The molecule has 1 saturated carbocycles. The molecule has 0 aromatic heterocycles. The molecule has 1 aliphatic rings. The van der Waals surface area contributed by atoms with Crippen molar-refractivity contribution in [3.63, 3.8) is 0 Å². The third-order valence-electron chi connectivity index (χ3n) is 3.96. The van der Waals surface area contributed by atoms with Crippen molar-refractivity contribution in [2.24, 2.45) is 17.8 Å². The summed E-state index contributed by atoms with van der Waals surface area (Å²) >= 11 is 0. The van der Waals surface area contributed by atoms with Gasteiger partial charge in [0.2, 0.25) is 0 Å². The zero-order chi connectivity index (χ0) is 14.4. The standard InChI is InChI=1S/C15H26O4/c1-10(2)19-15(18)11(3)13(14(16)17)9-12-7-5-4-6-8-12/h10-13H,4-9H2,1-3H3,(H,16,17)/t11-,13+/m1/s1. The van der Waals surface area contributed by atoms with Gasteiger partial charge in [-0.05, 0) is 26.2 Å². The lowest BCUT2D eigenvalue weighted by atomic mass is 9.79. The van der Waals surface area contributed by atoms with Crippen molar-refractivity contribution in [3.8, 4) is 0 Å². The van der Waals surface area contributed by atoms with Gasteiger partial charge in [-0.1, -0.05) is 39.0 Å². The first-order valence-corrected chi connectivity index (χ1v) is 7.35. The molecular weight excluding hydrogens is 244 g/mol. The van der Waals surface area contributed by atoms with Gasteiger partial charge in [-0.25, -0.2) is 0 Å². The molecule has 0 aromatic rings. The normalized spacial score (nSPS) is 20.0. The van der Waals surface area contributed by atoms with Crippen LogP contribution < -0.4 is 0 Å². The van der Waals surface area contributed by atoms with Crippen LogP contribution in [0.25, 0.3) is 0 Å². The van der Waals surface area contributed by atoms with Crippen molar-refractivity contribution in [1.29, 1.82) is 0 Å². The van der Waals surface area contributed by atoms with E-state index in [-0.39, 0.29) is 6.10 Å². The van der Waals surface area contributed by atoms with Crippen LogP contribution in [0.3, 0.4) is 0 Å². The monoisotopic (exact) mass is 270 g/mol. The van der Waals surface area contributed by atoms with E-state index in [4.69, 9.17) is 4.74 Å². The number of hydrogen-bond acceptors (Lipinski definition) is 3. The molecule has 110 valence electrons. The fourth-order valence-corrected chi connectivity index (χ4v) is 2.80. The van der Waals surface area contributed by atoms with Crippen molar-refractivity contribution in [2.45, 2.75) is 65.4 Å². The maximum atomic E-state index is 11.9. The summed E-state index contributed by atoms with van der Waals surface area (Å²) in [6.07, 6.45) is 6.21. The molecule has 0 amide bonds. The molecule has 0 radical (unpaired) electrons. The Kier molecular flexibility index (Phi) is 6.32. The van der Waals surface area contributed by atoms with Crippen LogP contribution in [0.15, 0.2) is 0 Å². The summed E-state index contributed by atoms with van der Waals surface area (Å²) in [5.41, 5.74) is 0. The second kappa shape index (κ2) is 7.51. The Morgan fingerprint density at radius 2 is 1.74 bits per heavy atom. The predicted octanol–water partition coefficient (Wildman–Crippen LogP) is 3.25. The molecule has 4 heteroatoms. The second-order valence-corrected chi connectivity index (χ2v) is 5.96. The number of esters is 1. The summed E-state index contributed by atoms with van der Waals surface area (Å²) in [6, 6.07) is 0. The zero-order valence-corrected chi connectivity index (χ0v) is 12.2.